The van der Waals surface area contributed by atoms with E-state index in [0.717, 1.165) is 0 Å². The van der Waals surface area contributed by atoms with Crippen LogP contribution < -0.4 is 10.1 Å². The van der Waals surface area contributed by atoms with Crippen LogP contribution in [-0.4, -0.2) is 39.1 Å². The number of ether oxygens (including phenoxy) is 3. The summed E-state index contributed by atoms with van der Waals surface area (Å²) in [5, 5.41) is 2.68. The smallest absolute Gasteiger partial charge is 0.387 e. The molecule has 0 radical (unpaired) electrons. The molecule has 0 spiro atoms. The summed E-state index contributed by atoms with van der Waals surface area (Å²) in [6, 6.07) is 5.03. The van der Waals surface area contributed by atoms with Gasteiger partial charge in [-0.2, -0.15) is 8.78 Å². The standard InChI is InChI=1S/C13H17F2NO4/c1-8(12(18-2)19-3)16-11(17)9-4-6-10(7-5-9)20-13(14)15/h4-8,12-13H,1-3H3,(H,16,17). The lowest BCUT2D eigenvalue weighted by Crippen LogP contribution is -2.42. The molecule has 0 aliphatic carbocycles. The molecule has 20 heavy (non-hydrogen) atoms. The van der Waals surface area contributed by atoms with E-state index in [1.165, 1.54) is 38.5 Å². The number of hydrogen-bond donors (Lipinski definition) is 1. The molecule has 1 aromatic carbocycles. The third-order valence-corrected chi connectivity index (χ3v) is 2.57. The fraction of sp³-hybridized carbons (Fsp3) is 0.462. The second kappa shape index (κ2) is 7.76. The molecule has 1 atom stereocenters. The maximum atomic E-state index is 12.0. The van der Waals surface area contributed by atoms with E-state index in [-0.39, 0.29) is 17.7 Å². The lowest BCUT2D eigenvalue weighted by Gasteiger charge is -2.22. The summed E-state index contributed by atoms with van der Waals surface area (Å²) >= 11 is 0. The van der Waals surface area contributed by atoms with Crippen LogP contribution in [0.2, 0.25) is 0 Å². The van der Waals surface area contributed by atoms with Gasteiger partial charge in [-0.3, -0.25) is 4.79 Å². The van der Waals surface area contributed by atoms with Gasteiger partial charge in [0.1, 0.15) is 5.75 Å². The third kappa shape index (κ3) is 4.75. The fourth-order valence-electron chi connectivity index (χ4n) is 1.65. The highest BCUT2D eigenvalue weighted by molar-refractivity contribution is 5.94. The first-order chi connectivity index (χ1) is 9.47. The second-order valence-corrected chi connectivity index (χ2v) is 4.00. The zero-order valence-corrected chi connectivity index (χ0v) is 11.4. The van der Waals surface area contributed by atoms with E-state index in [0.29, 0.717) is 5.56 Å². The van der Waals surface area contributed by atoms with Crippen LogP contribution in [0.3, 0.4) is 0 Å². The number of alkyl halides is 2. The Labute approximate surface area is 115 Å². The summed E-state index contributed by atoms with van der Waals surface area (Å²) in [7, 11) is 2.93. The van der Waals surface area contributed by atoms with Crippen molar-refractivity contribution in [2.24, 2.45) is 0 Å². The van der Waals surface area contributed by atoms with E-state index < -0.39 is 12.9 Å². The van der Waals surface area contributed by atoms with Crippen molar-refractivity contribution in [1.82, 2.24) is 5.32 Å². The number of methoxy groups -OCH3 is 2. The SMILES string of the molecule is COC(OC)C(C)NC(=O)c1ccc(OC(F)F)cc1. The maximum Gasteiger partial charge on any atom is 0.387 e. The van der Waals surface area contributed by atoms with Gasteiger partial charge >= 0.3 is 6.61 Å². The molecule has 0 aromatic heterocycles. The summed E-state index contributed by atoms with van der Waals surface area (Å²) in [5.41, 5.74) is 0.324. The number of carbonyl (C=O) groups excluding carboxylic acids is 1. The Kier molecular flexibility index (Phi) is 6.33. The highest BCUT2D eigenvalue weighted by atomic mass is 19.3. The highest BCUT2D eigenvalue weighted by Crippen LogP contribution is 2.15. The topological polar surface area (TPSA) is 56.8 Å². The molecular formula is C13H17F2NO4. The van der Waals surface area contributed by atoms with Crippen LogP contribution in [0.1, 0.15) is 17.3 Å². The third-order valence-electron chi connectivity index (χ3n) is 2.57. The minimum absolute atomic E-state index is 0.00346. The molecule has 0 saturated heterocycles. The zero-order chi connectivity index (χ0) is 15.1. The molecule has 5 nitrogen and oxygen atoms in total. The first-order valence-corrected chi connectivity index (χ1v) is 5.89. The average molecular weight is 289 g/mol. The Morgan fingerprint density at radius 1 is 1.15 bits per heavy atom. The molecule has 1 N–H and O–H groups in total. The van der Waals surface area contributed by atoms with Gasteiger partial charge in [0.15, 0.2) is 6.29 Å². The Hall–Kier alpha value is -1.73. The predicted octanol–water partition coefficient (Wildman–Crippen LogP) is 2.03. The minimum atomic E-state index is -2.89. The Balaban J connectivity index is 2.63. The molecule has 0 heterocycles. The van der Waals surface area contributed by atoms with Crippen molar-refractivity contribution in [2.75, 3.05) is 14.2 Å². The van der Waals surface area contributed by atoms with Gasteiger partial charge in [0.05, 0.1) is 6.04 Å². The van der Waals surface area contributed by atoms with Crippen LogP contribution >= 0.6 is 0 Å². The van der Waals surface area contributed by atoms with Crippen molar-refractivity contribution in [2.45, 2.75) is 25.9 Å². The van der Waals surface area contributed by atoms with E-state index in [2.05, 4.69) is 10.1 Å². The normalized spacial score (nSPS) is 12.6. The molecular weight excluding hydrogens is 272 g/mol. The van der Waals surface area contributed by atoms with Crippen LogP contribution in [-0.2, 0) is 9.47 Å². The van der Waals surface area contributed by atoms with E-state index in [1.807, 2.05) is 0 Å². The summed E-state index contributed by atoms with van der Waals surface area (Å²) in [4.78, 5) is 11.9. The van der Waals surface area contributed by atoms with Crippen molar-refractivity contribution in [3.05, 3.63) is 29.8 Å². The number of nitrogens with one attached hydrogen (secondary N) is 1. The van der Waals surface area contributed by atoms with Gasteiger partial charge in [-0.25, -0.2) is 0 Å². The van der Waals surface area contributed by atoms with Crippen LogP contribution in [0.4, 0.5) is 8.78 Å². The van der Waals surface area contributed by atoms with Crippen LogP contribution in [0.15, 0.2) is 24.3 Å². The molecule has 1 aromatic rings. The molecule has 1 amide bonds. The average Bonchev–Trinajstić information content (AvgIpc) is 2.40. The Bertz CT molecular complexity index is 421. The Morgan fingerprint density at radius 3 is 2.15 bits per heavy atom. The summed E-state index contributed by atoms with van der Waals surface area (Å²) in [6.45, 7) is -1.16. The monoisotopic (exact) mass is 289 g/mol. The number of rotatable bonds is 7. The summed E-state index contributed by atoms with van der Waals surface area (Å²) < 4.78 is 38.2. The fourth-order valence-corrected chi connectivity index (χ4v) is 1.65. The van der Waals surface area contributed by atoms with E-state index in [4.69, 9.17) is 9.47 Å². The molecule has 7 heteroatoms. The van der Waals surface area contributed by atoms with Gasteiger partial charge < -0.3 is 19.5 Å². The molecule has 0 aliphatic heterocycles. The first kappa shape index (κ1) is 16.3. The van der Waals surface area contributed by atoms with Crippen LogP contribution in [0, 0.1) is 0 Å². The number of hydrogen-bond acceptors (Lipinski definition) is 4. The van der Waals surface area contributed by atoms with E-state index >= 15 is 0 Å². The lowest BCUT2D eigenvalue weighted by atomic mass is 10.2. The second-order valence-electron chi connectivity index (χ2n) is 4.00. The molecule has 1 unspecified atom stereocenters. The predicted molar refractivity (Wildman–Crippen MR) is 67.8 cm³/mol. The molecule has 0 bridgehead atoms. The number of benzene rings is 1. The molecule has 1 rings (SSSR count). The van der Waals surface area contributed by atoms with E-state index in [9.17, 15) is 13.6 Å². The van der Waals surface area contributed by atoms with Gasteiger partial charge in [0, 0.05) is 19.8 Å². The zero-order valence-electron chi connectivity index (χ0n) is 11.4. The maximum absolute atomic E-state index is 12.0. The number of halogens is 2. The minimum Gasteiger partial charge on any atom is -0.435 e. The van der Waals surface area contributed by atoms with Gasteiger partial charge in [-0.05, 0) is 31.2 Å². The van der Waals surface area contributed by atoms with Gasteiger partial charge in [-0.1, -0.05) is 0 Å². The molecule has 112 valence electrons. The van der Waals surface area contributed by atoms with Crippen LogP contribution in [0.5, 0.6) is 5.75 Å². The van der Waals surface area contributed by atoms with Crippen molar-refractivity contribution in [3.8, 4) is 5.75 Å². The van der Waals surface area contributed by atoms with E-state index in [1.54, 1.807) is 6.92 Å². The summed E-state index contributed by atoms with van der Waals surface area (Å²) in [5.74, 6) is -0.364. The highest BCUT2D eigenvalue weighted by Gasteiger charge is 2.18. The summed E-state index contributed by atoms with van der Waals surface area (Å²) in [6.07, 6.45) is -0.569. The largest absolute Gasteiger partial charge is 0.435 e. The van der Waals surface area contributed by atoms with Gasteiger partial charge in [0.2, 0.25) is 0 Å². The molecule has 0 fully saturated rings. The quantitative estimate of drug-likeness (QED) is 0.780. The van der Waals surface area contributed by atoms with Crippen molar-refractivity contribution in [3.63, 3.8) is 0 Å². The van der Waals surface area contributed by atoms with Crippen molar-refractivity contribution < 1.29 is 27.8 Å². The van der Waals surface area contributed by atoms with Crippen molar-refractivity contribution >= 4 is 5.91 Å². The number of carbonyl (C=O) groups is 1. The molecule has 0 saturated carbocycles. The first-order valence-electron chi connectivity index (χ1n) is 5.89. The Morgan fingerprint density at radius 2 is 1.70 bits per heavy atom. The lowest BCUT2D eigenvalue weighted by molar-refractivity contribution is -0.117. The van der Waals surface area contributed by atoms with Crippen LogP contribution in [0.25, 0.3) is 0 Å². The molecule has 0 aliphatic rings. The van der Waals surface area contributed by atoms with Crippen molar-refractivity contribution in [1.29, 1.82) is 0 Å². The number of amides is 1. The van der Waals surface area contributed by atoms with Gasteiger partial charge in [0.25, 0.3) is 5.91 Å². The van der Waals surface area contributed by atoms with Gasteiger partial charge in [-0.15, -0.1) is 0 Å².